The first-order valence-electron chi connectivity index (χ1n) is 5.98. The van der Waals surface area contributed by atoms with Gasteiger partial charge >= 0.3 is 0 Å². The maximum Gasteiger partial charge on any atom is 0.0621 e. The Morgan fingerprint density at radius 1 is 0.944 bits per heavy atom. The van der Waals surface area contributed by atoms with E-state index in [0.717, 1.165) is 28.3 Å². The first-order chi connectivity index (χ1) is 8.59. The van der Waals surface area contributed by atoms with Crippen LogP contribution in [0.3, 0.4) is 0 Å². The van der Waals surface area contributed by atoms with Crippen LogP contribution in [-0.4, -0.2) is 14.1 Å². The van der Waals surface area contributed by atoms with Crippen molar-refractivity contribution in [3.63, 3.8) is 0 Å². The molecule has 94 valence electrons. The molecule has 0 saturated carbocycles. The smallest absolute Gasteiger partial charge is 0.0621 e. The van der Waals surface area contributed by atoms with Gasteiger partial charge in [0, 0.05) is 25.5 Å². The molecule has 0 fully saturated rings. The molecule has 0 amide bonds. The van der Waals surface area contributed by atoms with Gasteiger partial charge in [-0.05, 0) is 36.8 Å². The number of rotatable bonds is 3. The lowest BCUT2D eigenvalue weighted by Gasteiger charge is -2.19. The molecular weight excluding hydrogens is 222 g/mol. The number of nitrogens with two attached hydrogens (primary N) is 1. The van der Waals surface area contributed by atoms with Gasteiger partial charge in [0.2, 0.25) is 0 Å². The molecule has 0 spiro atoms. The zero-order chi connectivity index (χ0) is 13.1. The van der Waals surface area contributed by atoms with Gasteiger partial charge in [0.05, 0.1) is 11.4 Å². The summed E-state index contributed by atoms with van der Waals surface area (Å²) in [7, 11) is 4.07. The van der Waals surface area contributed by atoms with E-state index >= 15 is 0 Å². The van der Waals surface area contributed by atoms with Crippen LogP contribution in [0.4, 0.5) is 22.7 Å². The van der Waals surface area contributed by atoms with Gasteiger partial charge in [-0.2, -0.15) is 0 Å². The minimum absolute atomic E-state index is 0.808. The zero-order valence-electron chi connectivity index (χ0n) is 11.1. The van der Waals surface area contributed by atoms with Crippen molar-refractivity contribution < 1.29 is 0 Å². The number of benzene rings is 2. The molecule has 2 rings (SSSR count). The minimum atomic E-state index is 0.808. The highest BCUT2D eigenvalue weighted by molar-refractivity contribution is 5.77. The molecule has 0 bridgehead atoms. The van der Waals surface area contributed by atoms with E-state index in [1.807, 2.05) is 51.4 Å². The van der Waals surface area contributed by atoms with Gasteiger partial charge in [0.15, 0.2) is 0 Å². The third kappa shape index (κ3) is 2.40. The van der Waals surface area contributed by atoms with E-state index in [4.69, 9.17) is 5.73 Å². The molecule has 0 unspecified atom stereocenters. The van der Waals surface area contributed by atoms with Gasteiger partial charge in [-0.1, -0.05) is 18.2 Å². The zero-order valence-corrected chi connectivity index (χ0v) is 11.1. The Bertz CT molecular complexity index is 547. The molecule has 0 aliphatic rings. The summed E-state index contributed by atoms with van der Waals surface area (Å²) >= 11 is 0. The molecule has 18 heavy (non-hydrogen) atoms. The van der Waals surface area contributed by atoms with E-state index in [-0.39, 0.29) is 0 Å². The number of para-hydroxylation sites is 2. The van der Waals surface area contributed by atoms with Crippen LogP contribution in [-0.2, 0) is 0 Å². The van der Waals surface area contributed by atoms with Crippen molar-refractivity contribution in [2.45, 2.75) is 6.92 Å². The Morgan fingerprint density at radius 2 is 1.61 bits per heavy atom. The molecular formula is C15H19N3. The van der Waals surface area contributed by atoms with Crippen molar-refractivity contribution in [2.24, 2.45) is 0 Å². The molecule has 2 aromatic carbocycles. The molecule has 0 aliphatic carbocycles. The monoisotopic (exact) mass is 241 g/mol. The highest BCUT2D eigenvalue weighted by Gasteiger charge is 2.06. The fraction of sp³-hybridized carbons (Fsp3) is 0.200. The first-order valence-corrected chi connectivity index (χ1v) is 5.98. The normalized spacial score (nSPS) is 10.2. The summed E-state index contributed by atoms with van der Waals surface area (Å²) in [6.45, 7) is 2.02. The molecule has 0 heterocycles. The number of anilines is 4. The summed E-state index contributed by atoms with van der Waals surface area (Å²) < 4.78 is 0. The number of nitrogen functional groups attached to an aromatic ring is 1. The van der Waals surface area contributed by atoms with Gasteiger partial charge in [0.1, 0.15) is 0 Å². The fourth-order valence-corrected chi connectivity index (χ4v) is 1.90. The molecule has 0 aromatic heterocycles. The summed E-state index contributed by atoms with van der Waals surface area (Å²) in [5.74, 6) is 0. The highest BCUT2D eigenvalue weighted by Crippen LogP contribution is 2.30. The molecule has 0 saturated heterocycles. The molecule has 0 radical (unpaired) electrons. The van der Waals surface area contributed by atoms with Crippen molar-refractivity contribution in [2.75, 3.05) is 30.0 Å². The predicted molar refractivity (Wildman–Crippen MR) is 79.6 cm³/mol. The van der Waals surface area contributed by atoms with Crippen LogP contribution in [0.15, 0.2) is 42.5 Å². The molecule has 3 nitrogen and oxygen atoms in total. The van der Waals surface area contributed by atoms with Crippen LogP contribution in [0.5, 0.6) is 0 Å². The average Bonchev–Trinajstić information content (AvgIpc) is 2.35. The van der Waals surface area contributed by atoms with Crippen molar-refractivity contribution in [1.29, 1.82) is 0 Å². The van der Waals surface area contributed by atoms with Gasteiger partial charge < -0.3 is 16.0 Å². The van der Waals surface area contributed by atoms with Crippen molar-refractivity contribution in [3.8, 4) is 0 Å². The topological polar surface area (TPSA) is 41.3 Å². The lowest BCUT2D eigenvalue weighted by molar-refractivity contribution is 1.13. The van der Waals surface area contributed by atoms with Crippen LogP contribution in [0, 0.1) is 6.92 Å². The molecule has 3 heteroatoms. The van der Waals surface area contributed by atoms with E-state index < -0.39 is 0 Å². The molecule has 3 N–H and O–H groups in total. The van der Waals surface area contributed by atoms with Crippen LogP contribution < -0.4 is 16.0 Å². The lowest BCUT2D eigenvalue weighted by atomic mass is 10.1. The predicted octanol–water partition coefficient (Wildman–Crippen LogP) is 3.39. The van der Waals surface area contributed by atoms with Gasteiger partial charge in [-0.15, -0.1) is 0 Å². The summed E-state index contributed by atoms with van der Waals surface area (Å²) in [6, 6.07) is 14.1. The van der Waals surface area contributed by atoms with E-state index in [0.29, 0.717) is 0 Å². The Hall–Kier alpha value is -2.16. The second kappa shape index (κ2) is 5.00. The van der Waals surface area contributed by atoms with Gasteiger partial charge in [0.25, 0.3) is 0 Å². The van der Waals surface area contributed by atoms with Crippen LogP contribution in [0.1, 0.15) is 5.56 Å². The van der Waals surface area contributed by atoms with E-state index in [9.17, 15) is 0 Å². The number of hydrogen-bond acceptors (Lipinski definition) is 3. The average molecular weight is 241 g/mol. The largest absolute Gasteiger partial charge is 0.398 e. The summed E-state index contributed by atoms with van der Waals surface area (Å²) in [5, 5.41) is 3.44. The Morgan fingerprint density at radius 3 is 2.33 bits per heavy atom. The SMILES string of the molecule is Cc1c(N)cccc1Nc1ccccc1N(C)C. The fourth-order valence-electron chi connectivity index (χ4n) is 1.90. The molecule has 2 aromatic rings. The molecule has 0 atom stereocenters. The lowest BCUT2D eigenvalue weighted by Crippen LogP contribution is -2.11. The summed E-state index contributed by atoms with van der Waals surface area (Å²) in [6.07, 6.45) is 0. The Kier molecular flexibility index (Phi) is 3.42. The van der Waals surface area contributed by atoms with Crippen LogP contribution >= 0.6 is 0 Å². The highest BCUT2D eigenvalue weighted by atomic mass is 15.1. The number of hydrogen-bond donors (Lipinski definition) is 2. The second-order valence-electron chi connectivity index (χ2n) is 4.56. The Balaban J connectivity index is 2.37. The van der Waals surface area contributed by atoms with E-state index in [1.165, 1.54) is 0 Å². The Labute approximate surface area is 108 Å². The third-order valence-electron chi connectivity index (χ3n) is 3.03. The molecule has 0 aliphatic heterocycles. The standard InChI is InChI=1S/C15H19N3/c1-11-12(16)7-6-9-13(11)17-14-8-4-5-10-15(14)18(2)3/h4-10,17H,16H2,1-3H3. The summed E-state index contributed by atoms with van der Waals surface area (Å²) in [4.78, 5) is 2.09. The van der Waals surface area contributed by atoms with Crippen LogP contribution in [0.25, 0.3) is 0 Å². The van der Waals surface area contributed by atoms with Crippen molar-refractivity contribution >= 4 is 22.7 Å². The van der Waals surface area contributed by atoms with Gasteiger partial charge in [-0.25, -0.2) is 0 Å². The van der Waals surface area contributed by atoms with E-state index in [2.05, 4.69) is 22.3 Å². The van der Waals surface area contributed by atoms with Crippen LogP contribution in [0.2, 0.25) is 0 Å². The van der Waals surface area contributed by atoms with Crippen molar-refractivity contribution in [1.82, 2.24) is 0 Å². The van der Waals surface area contributed by atoms with E-state index in [1.54, 1.807) is 0 Å². The quantitative estimate of drug-likeness (QED) is 0.809. The third-order valence-corrected chi connectivity index (χ3v) is 3.03. The second-order valence-corrected chi connectivity index (χ2v) is 4.56. The maximum atomic E-state index is 5.92. The van der Waals surface area contributed by atoms with Gasteiger partial charge in [-0.3, -0.25) is 0 Å². The number of nitrogens with one attached hydrogen (secondary N) is 1. The first kappa shape index (κ1) is 12.3. The van der Waals surface area contributed by atoms with Crippen molar-refractivity contribution in [3.05, 3.63) is 48.0 Å². The maximum absolute atomic E-state index is 5.92. The minimum Gasteiger partial charge on any atom is -0.398 e. The summed E-state index contributed by atoms with van der Waals surface area (Å²) in [5.41, 5.74) is 11.1. The number of nitrogens with zero attached hydrogens (tertiary/aromatic N) is 1.